The number of likely N-dealkylation sites (tertiary alicyclic amines) is 1. The van der Waals surface area contributed by atoms with Crippen LogP contribution in [0.1, 0.15) is 39.2 Å². The third kappa shape index (κ3) is 9.09. The van der Waals surface area contributed by atoms with Gasteiger partial charge in [0.25, 0.3) is 0 Å². The maximum absolute atomic E-state index is 4.43. The van der Waals surface area contributed by atoms with Crippen molar-refractivity contribution in [2.45, 2.75) is 52.2 Å². The number of likely N-dealkylation sites (N-methyl/N-ethyl adjacent to an activating group) is 1. The summed E-state index contributed by atoms with van der Waals surface area (Å²) in [6, 6.07) is 11.6. The van der Waals surface area contributed by atoms with E-state index in [9.17, 15) is 0 Å². The van der Waals surface area contributed by atoms with Crippen molar-refractivity contribution in [3.05, 3.63) is 35.9 Å². The van der Waals surface area contributed by atoms with Crippen LogP contribution in [0.2, 0.25) is 0 Å². The predicted octanol–water partition coefficient (Wildman–Crippen LogP) is 3.41. The second kappa shape index (κ2) is 13.4. The highest BCUT2D eigenvalue weighted by molar-refractivity contribution is 14.0. The SMILES string of the molecule is CN=C(NCC(C)N(C)Cc1ccccc1)NC1CCN(CC(C)C)CC1.I. The van der Waals surface area contributed by atoms with Gasteiger partial charge < -0.3 is 15.5 Å². The summed E-state index contributed by atoms with van der Waals surface area (Å²) in [5, 5.41) is 7.13. The van der Waals surface area contributed by atoms with Crippen molar-refractivity contribution < 1.29 is 0 Å². The largest absolute Gasteiger partial charge is 0.355 e. The lowest BCUT2D eigenvalue weighted by Gasteiger charge is -2.34. The van der Waals surface area contributed by atoms with E-state index in [2.05, 4.69) is 83.6 Å². The highest BCUT2D eigenvalue weighted by Crippen LogP contribution is 2.12. The van der Waals surface area contributed by atoms with E-state index in [0.717, 1.165) is 25.0 Å². The zero-order chi connectivity index (χ0) is 19.6. The molecule has 0 saturated carbocycles. The molecule has 0 aliphatic carbocycles. The topological polar surface area (TPSA) is 42.9 Å². The van der Waals surface area contributed by atoms with Crippen LogP contribution >= 0.6 is 24.0 Å². The number of hydrogen-bond donors (Lipinski definition) is 2. The molecule has 0 spiro atoms. The standard InChI is InChI=1S/C22H39N5.HI/c1-18(2)16-27-13-11-21(12-14-27)25-22(23-4)24-15-19(3)26(5)17-20-9-7-6-8-10-20;/h6-10,18-19,21H,11-17H2,1-5H3,(H2,23,24,25);1H. The Morgan fingerprint density at radius 1 is 1.18 bits per heavy atom. The third-order valence-corrected chi connectivity index (χ3v) is 5.37. The summed E-state index contributed by atoms with van der Waals surface area (Å²) in [6.07, 6.45) is 2.38. The van der Waals surface area contributed by atoms with E-state index < -0.39 is 0 Å². The monoisotopic (exact) mass is 501 g/mol. The Hall–Kier alpha value is -0.860. The summed E-state index contributed by atoms with van der Waals surface area (Å²) in [5.41, 5.74) is 1.35. The quantitative estimate of drug-likeness (QED) is 0.326. The van der Waals surface area contributed by atoms with Gasteiger partial charge in [-0.3, -0.25) is 9.89 Å². The van der Waals surface area contributed by atoms with E-state index >= 15 is 0 Å². The molecule has 1 saturated heterocycles. The van der Waals surface area contributed by atoms with Crippen LogP contribution in [0.4, 0.5) is 0 Å². The molecule has 1 aliphatic heterocycles. The summed E-state index contributed by atoms with van der Waals surface area (Å²) >= 11 is 0. The van der Waals surface area contributed by atoms with Gasteiger partial charge in [-0.1, -0.05) is 44.2 Å². The van der Waals surface area contributed by atoms with Gasteiger partial charge in [0.2, 0.25) is 0 Å². The number of guanidine groups is 1. The van der Waals surface area contributed by atoms with Gasteiger partial charge in [-0.2, -0.15) is 0 Å². The molecule has 2 N–H and O–H groups in total. The lowest BCUT2D eigenvalue weighted by Crippen LogP contribution is -2.51. The van der Waals surface area contributed by atoms with Crippen molar-refractivity contribution in [2.24, 2.45) is 10.9 Å². The number of hydrogen-bond acceptors (Lipinski definition) is 3. The summed E-state index contributed by atoms with van der Waals surface area (Å²) in [6.45, 7) is 12.3. The molecule has 1 atom stereocenters. The van der Waals surface area contributed by atoms with E-state index in [4.69, 9.17) is 0 Å². The summed E-state index contributed by atoms with van der Waals surface area (Å²) < 4.78 is 0. The maximum atomic E-state index is 4.43. The first-order chi connectivity index (χ1) is 13.0. The minimum Gasteiger partial charge on any atom is -0.355 e. The molecule has 1 aliphatic rings. The molecule has 0 amide bonds. The molecule has 0 radical (unpaired) electrons. The minimum absolute atomic E-state index is 0. The van der Waals surface area contributed by atoms with Gasteiger partial charge in [0.15, 0.2) is 5.96 Å². The molecular formula is C22H40IN5. The van der Waals surface area contributed by atoms with Crippen molar-refractivity contribution >= 4 is 29.9 Å². The molecule has 6 heteroatoms. The second-order valence-corrected chi connectivity index (χ2v) is 8.32. The fourth-order valence-electron chi connectivity index (χ4n) is 3.59. The van der Waals surface area contributed by atoms with Crippen molar-refractivity contribution in [1.82, 2.24) is 20.4 Å². The smallest absolute Gasteiger partial charge is 0.191 e. The lowest BCUT2D eigenvalue weighted by molar-refractivity contribution is 0.186. The molecule has 1 unspecified atom stereocenters. The molecule has 1 heterocycles. The molecule has 1 fully saturated rings. The van der Waals surface area contributed by atoms with Gasteiger partial charge in [0.05, 0.1) is 0 Å². The van der Waals surface area contributed by atoms with Gasteiger partial charge in [0, 0.05) is 51.9 Å². The van der Waals surface area contributed by atoms with Crippen molar-refractivity contribution in [1.29, 1.82) is 0 Å². The molecule has 0 bridgehead atoms. The molecule has 1 aromatic rings. The Balaban J connectivity index is 0.00000392. The number of nitrogens with zero attached hydrogens (tertiary/aromatic N) is 3. The molecular weight excluding hydrogens is 461 g/mol. The Bertz CT molecular complexity index is 555. The number of piperidine rings is 1. The van der Waals surface area contributed by atoms with E-state index in [1.54, 1.807) is 0 Å². The highest BCUT2D eigenvalue weighted by Gasteiger charge is 2.20. The average Bonchev–Trinajstić information content (AvgIpc) is 2.66. The Labute approximate surface area is 189 Å². The van der Waals surface area contributed by atoms with Crippen LogP contribution in [-0.4, -0.2) is 68.1 Å². The summed E-state index contributed by atoms with van der Waals surface area (Å²) in [7, 11) is 4.04. The van der Waals surface area contributed by atoms with Crippen LogP contribution in [0.3, 0.4) is 0 Å². The minimum atomic E-state index is 0. The molecule has 28 heavy (non-hydrogen) atoms. The van der Waals surface area contributed by atoms with E-state index in [-0.39, 0.29) is 24.0 Å². The van der Waals surface area contributed by atoms with Crippen LogP contribution in [0, 0.1) is 5.92 Å². The van der Waals surface area contributed by atoms with Gasteiger partial charge in [-0.05, 0) is 38.3 Å². The van der Waals surface area contributed by atoms with Crippen molar-refractivity contribution in [3.8, 4) is 0 Å². The summed E-state index contributed by atoms with van der Waals surface area (Å²) in [5.74, 6) is 1.68. The molecule has 1 aromatic carbocycles. The van der Waals surface area contributed by atoms with Crippen LogP contribution in [0.5, 0.6) is 0 Å². The number of aliphatic imine (C=N–C) groups is 1. The van der Waals surface area contributed by atoms with E-state index in [1.165, 1.54) is 38.0 Å². The molecule has 2 rings (SSSR count). The van der Waals surface area contributed by atoms with Crippen LogP contribution in [-0.2, 0) is 6.54 Å². The zero-order valence-corrected chi connectivity index (χ0v) is 20.6. The highest BCUT2D eigenvalue weighted by atomic mass is 127. The number of benzene rings is 1. The van der Waals surface area contributed by atoms with Gasteiger partial charge in [0.1, 0.15) is 0 Å². The van der Waals surface area contributed by atoms with Gasteiger partial charge in [-0.15, -0.1) is 24.0 Å². The van der Waals surface area contributed by atoms with E-state index in [1.807, 2.05) is 7.05 Å². The Kier molecular flexibility index (Phi) is 12.0. The molecule has 0 aromatic heterocycles. The van der Waals surface area contributed by atoms with Gasteiger partial charge in [-0.25, -0.2) is 0 Å². The van der Waals surface area contributed by atoms with Gasteiger partial charge >= 0.3 is 0 Å². The Morgan fingerprint density at radius 3 is 2.39 bits per heavy atom. The normalized spacial score (nSPS) is 17.5. The first-order valence-corrected chi connectivity index (χ1v) is 10.4. The summed E-state index contributed by atoms with van der Waals surface area (Å²) in [4.78, 5) is 9.39. The zero-order valence-electron chi connectivity index (χ0n) is 18.3. The second-order valence-electron chi connectivity index (χ2n) is 8.32. The maximum Gasteiger partial charge on any atom is 0.191 e. The number of halogens is 1. The third-order valence-electron chi connectivity index (χ3n) is 5.37. The van der Waals surface area contributed by atoms with Crippen LogP contribution in [0.25, 0.3) is 0 Å². The van der Waals surface area contributed by atoms with Crippen LogP contribution < -0.4 is 10.6 Å². The van der Waals surface area contributed by atoms with Crippen molar-refractivity contribution in [3.63, 3.8) is 0 Å². The fourth-order valence-corrected chi connectivity index (χ4v) is 3.59. The predicted molar refractivity (Wildman–Crippen MR) is 132 cm³/mol. The van der Waals surface area contributed by atoms with E-state index in [0.29, 0.717) is 12.1 Å². The molecule has 160 valence electrons. The first kappa shape index (κ1) is 25.2. The van der Waals surface area contributed by atoms with Crippen molar-refractivity contribution in [2.75, 3.05) is 40.3 Å². The fraction of sp³-hybridized carbons (Fsp3) is 0.682. The number of nitrogens with one attached hydrogen (secondary N) is 2. The lowest BCUT2D eigenvalue weighted by atomic mass is 10.0. The molecule has 5 nitrogen and oxygen atoms in total. The van der Waals surface area contributed by atoms with Crippen LogP contribution in [0.15, 0.2) is 35.3 Å². The number of rotatable bonds is 8. The first-order valence-electron chi connectivity index (χ1n) is 10.4. The average molecular weight is 502 g/mol. The Morgan fingerprint density at radius 2 is 1.82 bits per heavy atom.